The van der Waals surface area contributed by atoms with Crippen LogP contribution in [0.3, 0.4) is 0 Å². The zero-order chi connectivity index (χ0) is 21.3. The van der Waals surface area contributed by atoms with Gasteiger partial charge in [0.05, 0.1) is 23.6 Å². The van der Waals surface area contributed by atoms with E-state index in [4.69, 9.17) is 21.9 Å². The largest absolute Gasteiger partial charge is 0.383 e. The molecule has 0 atom stereocenters. The molecule has 0 spiro atoms. The lowest BCUT2D eigenvalue weighted by molar-refractivity contribution is -0.122. The molecule has 1 amide bonds. The van der Waals surface area contributed by atoms with Gasteiger partial charge in [-0.15, -0.1) is 0 Å². The summed E-state index contributed by atoms with van der Waals surface area (Å²) in [6, 6.07) is 3.81. The number of nitrogens with zero attached hydrogens (tertiary/aromatic N) is 4. The third-order valence-electron chi connectivity index (χ3n) is 5.31. The quantitative estimate of drug-likeness (QED) is 0.519. The number of anilines is 1. The lowest BCUT2D eigenvalue weighted by atomic mass is 10.1. The second-order valence-corrected chi connectivity index (χ2v) is 9.14. The summed E-state index contributed by atoms with van der Waals surface area (Å²) in [6.07, 6.45) is 6.75. The Morgan fingerprint density at radius 3 is 2.73 bits per heavy atom. The Morgan fingerprint density at radius 2 is 2.00 bits per heavy atom. The van der Waals surface area contributed by atoms with E-state index < -0.39 is 0 Å². The highest BCUT2D eigenvalue weighted by Gasteiger charge is 2.32. The van der Waals surface area contributed by atoms with E-state index in [1.807, 2.05) is 19.1 Å². The van der Waals surface area contributed by atoms with Crippen molar-refractivity contribution in [3.8, 4) is 0 Å². The van der Waals surface area contributed by atoms with Crippen LogP contribution in [-0.4, -0.2) is 57.9 Å². The molecule has 4 heterocycles. The van der Waals surface area contributed by atoms with Crippen LogP contribution in [0, 0.1) is 6.92 Å². The maximum atomic E-state index is 13.4. The third-order valence-corrected chi connectivity index (χ3v) is 6.69. The van der Waals surface area contributed by atoms with Crippen molar-refractivity contribution in [1.82, 2.24) is 14.3 Å². The van der Waals surface area contributed by atoms with Gasteiger partial charge in [-0.2, -0.15) is 0 Å². The number of thiocarbonyl (C=S) groups is 1. The van der Waals surface area contributed by atoms with Crippen LogP contribution in [0.1, 0.15) is 30.4 Å². The fraction of sp³-hybridized carbons (Fsp3) is 0.429. The van der Waals surface area contributed by atoms with Gasteiger partial charge < -0.3 is 9.64 Å². The molecule has 0 N–H and O–H groups in total. The first-order chi connectivity index (χ1) is 14.5. The van der Waals surface area contributed by atoms with Gasteiger partial charge in [0, 0.05) is 26.4 Å². The van der Waals surface area contributed by atoms with E-state index in [9.17, 15) is 9.59 Å². The van der Waals surface area contributed by atoms with Crippen LogP contribution in [0.5, 0.6) is 0 Å². The molecule has 2 aromatic rings. The number of fused-ring (bicyclic) bond motifs is 1. The van der Waals surface area contributed by atoms with Gasteiger partial charge in [-0.3, -0.25) is 18.9 Å². The summed E-state index contributed by atoms with van der Waals surface area (Å²) in [4.78, 5) is 35.3. The Labute approximate surface area is 184 Å². The summed E-state index contributed by atoms with van der Waals surface area (Å²) in [7, 11) is 1.59. The van der Waals surface area contributed by atoms with Crippen LogP contribution in [0.15, 0.2) is 28.0 Å². The maximum Gasteiger partial charge on any atom is 0.267 e. The Kier molecular flexibility index (Phi) is 6.21. The van der Waals surface area contributed by atoms with Gasteiger partial charge in [0.2, 0.25) is 0 Å². The third kappa shape index (κ3) is 4.01. The van der Waals surface area contributed by atoms with Crippen molar-refractivity contribution in [2.75, 3.05) is 38.3 Å². The maximum absolute atomic E-state index is 13.4. The second kappa shape index (κ2) is 8.87. The summed E-state index contributed by atoms with van der Waals surface area (Å²) in [5.41, 5.74) is 1.84. The lowest BCUT2D eigenvalue weighted by Gasteiger charge is -2.29. The average molecular weight is 445 g/mol. The van der Waals surface area contributed by atoms with E-state index in [1.165, 1.54) is 23.1 Å². The zero-order valence-electron chi connectivity index (χ0n) is 17.1. The highest BCUT2D eigenvalue weighted by atomic mass is 32.2. The minimum atomic E-state index is -0.194. The fourth-order valence-electron chi connectivity index (χ4n) is 3.73. The molecule has 4 rings (SSSR count). The van der Waals surface area contributed by atoms with E-state index in [2.05, 4.69) is 4.90 Å². The van der Waals surface area contributed by atoms with Gasteiger partial charge in [-0.25, -0.2) is 4.98 Å². The van der Waals surface area contributed by atoms with Crippen molar-refractivity contribution >= 4 is 51.7 Å². The molecule has 2 aromatic heterocycles. The second-order valence-electron chi connectivity index (χ2n) is 7.46. The van der Waals surface area contributed by atoms with Crippen LogP contribution >= 0.6 is 24.0 Å². The van der Waals surface area contributed by atoms with Crippen molar-refractivity contribution in [3.05, 3.63) is 44.7 Å². The van der Waals surface area contributed by atoms with Crippen molar-refractivity contribution in [2.45, 2.75) is 26.2 Å². The van der Waals surface area contributed by atoms with E-state index >= 15 is 0 Å². The number of piperidine rings is 1. The Hall–Kier alpha value is -2.23. The minimum absolute atomic E-state index is 0.175. The molecule has 0 aliphatic carbocycles. The molecule has 2 fully saturated rings. The fourth-order valence-corrected chi connectivity index (χ4v) is 5.02. The number of hydrogen-bond acceptors (Lipinski definition) is 7. The Balaban J connectivity index is 1.83. The molecule has 0 unspecified atom stereocenters. The Morgan fingerprint density at radius 1 is 1.23 bits per heavy atom. The number of rotatable bonds is 5. The van der Waals surface area contributed by atoms with Gasteiger partial charge in [0.1, 0.15) is 15.8 Å². The molecule has 0 bridgehead atoms. The monoisotopic (exact) mass is 444 g/mol. The smallest absolute Gasteiger partial charge is 0.267 e. The normalized spacial score (nSPS) is 18.8. The number of aromatic nitrogens is 2. The molecular weight excluding hydrogens is 420 g/mol. The summed E-state index contributed by atoms with van der Waals surface area (Å²) < 4.78 is 7.11. The van der Waals surface area contributed by atoms with Crippen LogP contribution < -0.4 is 10.5 Å². The predicted octanol–water partition coefficient (Wildman–Crippen LogP) is 2.84. The van der Waals surface area contributed by atoms with Crippen LogP contribution in [0.2, 0.25) is 0 Å². The van der Waals surface area contributed by atoms with E-state index in [0.29, 0.717) is 39.4 Å². The number of amides is 1. The number of hydrogen-bond donors (Lipinski definition) is 0. The number of methoxy groups -OCH3 is 1. The molecule has 0 saturated carbocycles. The van der Waals surface area contributed by atoms with Crippen molar-refractivity contribution < 1.29 is 9.53 Å². The highest BCUT2D eigenvalue weighted by molar-refractivity contribution is 8.26. The summed E-state index contributed by atoms with van der Waals surface area (Å²) in [6.45, 7) is 4.43. The molecule has 2 aliphatic heterocycles. The summed E-state index contributed by atoms with van der Waals surface area (Å²) in [5, 5.41) is 0. The first-order valence-electron chi connectivity index (χ1n) is 10.0. The van der Waals surface area contributed by atoms with Crippen LogP contribution in [0.25, 0.3) is 11.7 Å². The van der Waals surface area contributed by atoms with Crippen molar-refractivity contribution in [1.29, 1.82) is 0 Å². The summed E-state index contributed by atoms with van der Waals surface area (Å²) >= 11 is 6.59. The van der Waals surface area contributed by atoms with Gasteiger partial charge in [0.15, 0.2) is 0 Å². The first kappa shape index (κ1) is 21.0. The average Bonchev–Trinajstić information content (AvgIpc) is 3.02. The molecule has 0 aromatic carbocycles. The van der Waals surface area contributed by atoms with Gasteiger partial charge >= 0.3 is 0 Å². The minimum Gasteiger partial charge on any atom is -0.383 e. The standard InChI is InChI=1S/C21H24N4O3S2/c1-14-6-7-17-22-18(23-8-4-3-5-9-23)15(19(26)25(17)13-14)12-16-20(27)24(10-11-28-2)21(29)30-16/h6-7,12-13H,3-5,8-11H2,1-2H3. The van der Waals surface area contributed by atoms with Gasteiger partial charge in [-0.05, 0) is 43.9 Å². The lowest BCUT2D eigenvalue weighted by Crippen LogP contribution is -2.34. The molecule has 7 nitrogen and oxygen atoms in total. The van der Waals surface area contributed by atoms with Gasteiger partial charge in [-0.1, -0.05) is 30.0 Å². The molecule has 2 saturated heterocycles. The van der Waals surface area contributed by atoms with E-state index in [1.54, 1.807) is 23.8 Å². The highest BCUT2D eigenvalue weighted by Crippen LogP contribution is 2.33. The predicted molar refractivity (Wildman–Crippen MR) is 124 cm³/mol. The number of carbonyl (C=O) groups excluding carboxylic acids is 1. The van der Waals surface area contributed by atoms with E-state index in [-0.39, 0.29) is 11.5 Å². The number of thioether (sulfide) groups is 1. The molecule has 30 heavy (non-hydrogen) atoms. The molecule has 158 valence electrons. The summed E-state index contributed by atoms with van der Waals surface area (Å²) in [5.74, 6) is 0.450. The zero-order valence-corrected chi connectivity index (χ0v) is 18.7. The van der Waals surface area contributed by atoms with E-state index in [0.717, 1.165) is 31.5 Å². The topological polar surface area (TPSA) is 67.2 Å². The van der Waals surface area contributed by atoms with Crippen LogP contribution in [0.4, 0.5) is 5.82 Å². The van der Waals surface area contributed by atoms with Gasteiger partial charge in [0.25, 0.3) is 11.5 Å². The molecular formula is C21H24N4O3S2. The van der Waals surface area contributed by atoms with Crippen molar-refractivity contribution in [3.63, 3.8) is 0 Å². The number of ether oxygens (including phenoxy) is 1. The first-order valence-corrected chi connectivity index (χ1v) is 11.2. The SMILES string of the molecule is COCCN1C(=O)C(=Cc2c(N3CCCCC3)nc3ccc(C)cn3c2=O)SC1=S. The number of carbonyl (C=O) groups is 1. The Bertz CT molecular complexity index is 1090. The molecule has 0 radical (unpaired) electrons. The number of pyridine rings is 1. The van der Waals surface area contributed by atoms with Crippen molar-refractivity contribution in [2.24, 2.45) is 0 Å². The molecule has 9 heteroatoms. The van der Waals surface area contributed by atoms with Crippen LogP contribution in [-0.2, 0) is 9.53 Å². The number of aryl methyl sites for hydroxylation is 1. The molecule has 2 aliphatic rings.